The number of nitrogens with one attached hydrogen (secondary N) is 2. The Balaban J connectivity index is 2.10. The van der Waals surface area contributed by atoms with Crippen LogP contribution in [0.4, 0.5) is 5.82 Å². The van der Waals surface area contributed by atoms with Crippen LogP contribution in [0.3, 0.4) is 0 Å². The summed E-state index contributed by atoms with van der Waals surface area (Å²) in [4.78, 5) is 8.20. The minimum atomic E-state index is 0.255. The van der Waals surface area contributed by atoms with Gasteiger partial charge in [0, 0.05) is 24.8 Å². The number of hydrogen-bond donors (Lipinski definition) is 2. The van der Waals surface area contributed by atoms with Crippen molar-refractivity contribution >= 4 is 17.4 Å². The first-order chi connectivity index (χ1) is 8.79. The summed E-state index contributed by atoms with van der Waals surface area (Å²) in [7, 11) is 1.88. The standard InChI is InChI=1S/C13H15ClN4/c1-15-8-11-9-17-13(14)18-12(11)16-7-10-5-3-2-4-6-10/h2-6,9,15H,7-8H2,1H3,(H,16,17,18). The molecule has 0 aliphatic heterocycles. The van der Waals surface area contributed by atoms with Crippen LogP contribution in [0.15, 0.2) is 36.5 Å². The van der Waals surface area contributed by atoms with Gasteiger partial charge in [-0.2, -0.15) is 0 Å². The van der Waals surface area contributed by atoms with E-state index in [2.05, 4.69) is 32.7 Å². The predicted molar refractivity (Wildman–Crippen MR) is 73.6 cm³/mol. The minimum absolute atomic E-state index is 0.255. The molecular formula is C13H15ClN4. The molecule has 0 fully saturated rings. The average Bonchev–Trinajstić information content (AvgIpc) is 2.40. The molecule has 0 bridgehead atoms. The second kappa shape index (κ2) is 6.33. The first kappa shape index (κ1) is 12.8. The average molecular weight is 263 g/mol. The third-order valence-corrected chi connectivity index (χ3v) is 2.69. The van der Waals surface area contributed by atoms with Crippen molar-refractivity contribution in [3.63, 3.8) is 0 Å². The summed E-state index contributed by atoms with van der Waals surface area (Å²) >= 11 is 5.82. The van der Waals surface area contributed by atoms with Gasteiger partial charge in [0.05, 0.1) is 0 Å². The summed E-state index contributed by atoms with van der Waals surface area (Å²) in [5.74, 6) is 0.771. The van der Waals surface area contributed by atoms with Crippen LogP contribution in [-0.4, -0.2) is 17.0 Å². The number of anilines is 1. The van der Waals surface area contributed by atoms with Gasteiger partial charge in [-0.15, -0.1) is 0 Å². The Bertz CT molecular complexity index is 502. The zero-order chi connectivity index (χ0) is 12.8. The van der Waals surface area contributed by atoms with Crippen LogP contribution in [-0.2, 0) is 13.1 Å². The van der Waals surface area contributed by atoms with E-state index < -0.39 is 0 Å². The second-order valence-electron chi connectivity index (χ2n) is 3.88. The zero-order valence-electron chi connectivity index (χ0n) is 10.2. The minimum Gasteiger partial charge on any atom is -0.366 e. The van der Waals surface area contributed by atoms with Gasteiger partial charge in [0.1, 0.15) is 5.82 Å². The van der Waals surface area contributed by atoms with Crippen molar-refractivity contribution in [2.24, 2.45) is 0 Å². The first-order valence-electron chi connectivity index (χ1n) is 5.73. The van der Waals surface area contributed by atoms with E-state index in [1.54, 1.807) is 6.20 Å². The number of rotatable bonds is 5. The summed E-state index contributed by atoms with van der Waals surface area (Å²) < 4.78 is 0. The van der Waals surface area contributed by atoms with Crippen LogP contribution < -0.4 is 10.6 Å². The van der Waals surface area contributed by atoms with Gasteiger partial charge in [-0.05, 0) is 24.2 Å². The van der Waals surface area contributed by atoms with E-state index in [4.69, 9.17) is 11.6 Å². The molecule has 0 spiro atoms. The maximum absolute atomic E-state index is 5.82. The molecule has 0 unspecified atom stereocenters. The van der Waals surface area contributed by atoms with Gasteiger partial charge in [0.15, 0.2) is 0 Å². The Hall–Kier alpha value is -1.65. The molecule has 0 aliphatic rings. The summed E-state index contributed by atoms with van der Waals surface area (Å²) in [6, 6.07) is 10.1. The van der Waals surface area contributed by atoms with Gasteiger partial charge in [-0.1, -0.05) is 30.3 Å². The van der Waals surface area contributed by atoms with Crippen LogP contribution in [0.25, 0.3) is 0 Å². The number of benzene rings is 1. The van der Waals surface area contributed by atoms with Crippen molar-refractivity contribution in [2.75, 3.05) is 12.4 Å². The zero-order valence-corrected chi connectivity index (χ0v) is 10.9. The van der Waals surface area contributed by atoms with Crippen molar-refractivity contribution in [1.82, 2.24) is 15.3 Å². The quantitative estimate of drug-likeness (QED) is 0.813. The molecule has 0 atom stereocenters. The lowest BCUT2D eigenvalue weighted by atomic mass is 10.2. The number of halogens is 1. The fourth-order valence-corrected chi connectivity index (χ4v) is 1.77. The Kier molecular flexibility index (Phi) is 4.50. The highest BCUT2D eigenvalue weighted by molar-refractivity contribution is 6.28. The molecule has 2 N–H and O–H groups in total. The van der Waals surface area contributed by atoms with E-state index in [0.717, 1.165) is 11.4 Å². The third-order valence-electron chi connectivity index (χ3n) is 2.51. The monoisotopic (exact) mass is 262 g/mol. The van der Waals surface area contributed by atoms with Gasteiger partial charge in [0.2, 0.25) is 5.28 Å². The van der Waals surface area contributed by atoms with E-state index in [-0.39, 0.29) is 5.28 Å². The molecule has 0 aliphatic carbocycles. The first-order valence-corrected chi connectivity index (χ1v) is 6.11. The molecule has 2 aromatic rings. The molecule has 5 heteroatoms. The maximum Gasteiger partial charge on any atom is 0.224 e. The van der Waals surface area contributed by atoms with E-state index in [0.29, 0.717) is 13.1 Å². The van der Waals surface area contributed by atoms with Crippen molar-refractivity contribution in [2.45, 2.75) is 13.1 Å². The van der Waals surface area contributed by atoms with Crippen LogP contribution in [0, 0.1) is 0 Å². The summed E-state index contributed by atoms with van der Waals surface area (Å²) in [6.45, 7) is 1.42. The molecule has 4 nitrogen and oxygen atoms in total. The van der Waals surface area contributed by atoms with E-state index in [1.807, 2.05) is 25.2 Å². The maximum atomic E-state index is 5.82. The van der Waals surface area contributed by atoms with Crippen LogP contribution in [0.1, 0.15) is 11.1 Å². The molecule has 0 saturated carbocycles. The summed E-state index contributed by atoms with van der Waals surface area (Å²) in [6.07, 6.45) is 1.74. The fourth-order valence-electron chi connectivity index (χ4n) is 1.64. The Morgan fingerprint density at radius 1 is 1.17 bits per heavy atom. The molecule has 2 rings (SSSR count). The highest BCUT2D eigenvalue weighted by Gasteiger charge is 2.05. The molecule has 1 aromatic heterocycles. The van der Waals surface area contributed by atoms with Crippen molar-refractivity contribution in [3.8, 4) is 0 Å². The van der Waals surface area contributed by atoms with Gasteiger partial charge < -0.3 is 10.6 Å². The van der Waals surface area contributed by atoms with Gasteiger partial charge in [-0.3, -0.25) is 0 Å². The van der Waals surface area contributed by atoms with Crippen LogP contribution in [0.5, 0.6) is 0 Å². The molecule has 1 heterocycles. The molecule has 18 heavy (non-hydrogen) atoms. The Morgan fingerprint density at radius 2 is 1.94 bits per heavy atom. The van der Waals surface area contributed by atoms with Gasteiger partial charge in [0.25, 0.3) is 0 Å². The van der Waals surface area contributed by atoms with E-state index in [1.165, 1.54) is 5.56 Å². The fraction of sp³-hybridized carbons (Fsp3) is 0.231. The van der Waals surface area contributed by atoms with Crippen molar-refractivity contribution in [3.05, 3.63) is 52.9 Å². The van der Waals surface area contributed by atoms with Gasteiger partial charge >= 0.3 is 0 Å². The van der Waals surface area contributed by atoms with Crippen LogP contribution >= 0.6 is 11.6 Å². The predicted octanol–water partition coefficient (Wildman–Crippen LogP) is 2.46. The molecule has 0 amide bonds. The molecule has 0 radical (unpaired) electrons. The van der Waals surface area contributed by atoms with E-state index >= 15 is 0 Å². The Morgan fingerprint density at radius 3 is 2.67 bits per heavy atom. The molecular weight excluding hydrogens is 248 g/mol. The van der Waals surface area contributed by atoms with Gasteiger partial charge in [-0.25, -0.2) is 9.97 Å². The number of nitrogens with zero attached hydrogens (tertiary/aromatic N) is 2. The number of aromatic nitrogens is 2. The lowest BCUT2D eigenvalue weighted by molar-refractivity contribution is 0.806. The molecule has 0 saturated heterocycles. The summed E-state index contributed by atoms with van der Waals surface area (Å²) in [5, 5.41) is 6.61. The highest BCUT2D eigenvalue weighted by atomic mass is 35.5. The second-order valence-corrected chi connectivity index (χ2v) is 4.22. The third kappa shape index (κ3) is 3.42. The lowest BCUT2D eigenvalue weighted by Gasteiger charge is -2.10. The SMILES string of the molecule is CNCc1cnc(Cl)nc1NCc1ccccc1. The van der Waals surface area contributed by atoms with Crippen molar-refractivity contribution in [1.29, 1.82) is 0 Å². The number of hydrogen-bond acceptors (Lipinski definition) is 4. The Labute approximate surface area is 111 Å². The van der Waals surface area contributed by atoms with Crippen LogP contribution in [0.2, 0.25) is 5.28 Å². The molecule has 1 aromatic carbocycles. The molecule has 94 valence electrons. The lowest BCUT2D eigenvalue weighted by Crippen LogP contribution is -2.11. The largest absolute Gasteiger partial charge is 0.366 e. The van der Waals surface area contributed by atoms with Crippen molar-refractivity contribution < 1.29 is 0 Å². The van der Waals surface area contributed by atoms with E-state index in [9.17, 15) is 0 Å². The smallest absolute Gasteiger partial charge is 0.224 e. The topological polar surface area (TPSA) is 49.8 Å². The highest BCUT2D eigenvalue weighted by Crippen LogP contribution is 2.15. The summed E-state index contributed by atoms with van der Waals surface area (Å²) in [5.41, 5.74) is 2.19. The normalized spacial score (nSPS) is 10.3.